The number of nitrogens with zero attached hydrogens (tertiary/aromatic N) is 3. The summed E-state index contributed by atoms with van der Waals surface area (Å²) in [6.45, 7) is 1.67. The number of methoxy groups -OCH3 is 2. The third-order valence-corrected chi connectivity index (χ3v) is 3.95. The fraction of sp³-hybridized carbons (Fsp3) is 0.250. The molecule has 0 fully saturated rings. The molecule has 3 aromatic rings. The Balaban J connectivity index is 2.29. The molecule has 0 N–H and O–H groups in total. The summed E-state index contributed by atoms with van der Waals surface area (Å²) < 4.78 is 50.8. The van der Waals surface area contributed by atoms with Crippen LogP contribution in [-0.4, -0.2) is 28.8 Å². The van der Waals surface area contributed by atoms with Crippen molar-refractivity contribution in [2.45, 2.75) is 13.1 Å². The van der Waals surface area contributed by atoms with Crippen molar-refractivity contribution < 1.29 is 22.6 Å². The van der Waals surface area contributed by atoms with Crippen LogP contribution in [-0.2, 0) is 6.18 Å². The molecule has 0 aliphatic carbocycles. The molecule has 9 heteroatoms. The number of aryl methyl sites for hydroxylation is 1. The number of benzene rings is 1. The molecular formula is C16H13ClF3N3O2. The quantitative estimate of drug-likeness (QED) is 0.640. The van der Waals surface area contributed by atoms with Gasteiger partial charge in [-0.2, -0.15) is 18.3 Å². The van der Waals surface area contributed by atoms with Gasteiger partial charge in [0.1, 0.15) is 10.8 Å². The lowest BCUT2D eigenvalue weighted by atomic mass is 10.1. The molecule has 0 aliphatic heterocycles. The topological polar surface area (TPSA) is 48.7 Å². The van der Waals surface area contributed by atoms with Crippen molar-refractivity contribution in [3.8, 4) is 22.6 Å². The van der Waals surface area contributed by atoms with Crippen molar-refractivity contribution in [1.82, 2.24) is 14.6 Å². The van der Waals surface area contributed by atoms with Gasteiger partial charge >= 0.3 is 6.18 Å². The summed E-state index contributed by atoms with van der Waals surface area (Å²) in [5.41, 5.74) is 0.458. The summed E-state index contributed by atoms with van der Waals surface area (Å²) in [6.07, 6.45) is -4.61. The van der Waals surface area contributed by atoms with Gasteiger partial charge in [0.05, 0.1) is 19.9 Å². The number of alkyl halides is 3. The first-order valence-electron chi connectivity index (χ1n) is 7.11. The first kappa shape index (κ1) is 17.3. The van der Waals surface area contributed by atoms with E-state index in [9.17, 15) is 13.2 Å². The van der Waals surface area contributed by atoms with E-state index in [1.54, 1.807) is 25.1 Å². The third-order valence-electron chi connectivity index (χ3n) is 3.68. The summed E-state index contributed by atoms with van der Waals surface area (Å²) in [6, 6.07) is 5.76. The number of hydrogen-bond donors (Lipinski definition) is 0. The maximum absolute atomic E-state index is 13.1. The highest BCUT2D eigenvalue weighted by atomic mass is 35.5. The molecule has 25 heavy (non-hydrogen) atoms. The van der Waals surface area contributed by atoms with Gasteiger partial charge in [-0.1, -0.05) is 17.7 Å². The van der Waals surface area contributed by atoms with Gasteiger partial charge in [0.25, 0.3) is 0 Å². The molecule has 1 aromatic carbocycles. The van der Waals surface area contributed by atoms with Gasteiger partial charge in [-0.25, -0.2) is 9.50 Å². The van der Waals surface area contributed by atoms with Crippen LogP contribution in [0, 0.1) is 6.92 Å². The Hall–Kier alpha value is -2.48. The molecular weight excluding hydrogens is 359 g/mol. The Morgan fingerprint density at radius 1 is 1.08 bits per heavy atom. The van der Waals surface area contributed by atoms with Crippen LogP contribution < -0.4 is 9.47 Å². The monoisotopic (exact) mass is 371 g/mol. The number of aromatic nitrogens is 3. The molecule has 0 saturated heterocycles. The molecule has 0 spiro atoms. The number of fused-ring (bicyclic) bond motifs is 1. The van der Waals surface area contributed by atoms with E-state index in [0.717, 1.165) is 6.07 Å². The summed E-state index contributed by atoms with van der Waals surface area (Å²) >= 11 is 5.96. The fourth-order valence-electron chi connectivity index (χ4n) is 2.56. The van der Waals surface area contributed by atoms with Gasteiger partial charge in [0, 0.05) is 11.6 Å². The van der Waals surface area contributed by atoms with Crippen molar-refractivity contribution >= 4 is 17.2 Å². The van der Waals surface area contributed by atoms with E-state index in [1.165, 1.54) is 18.7 Å². The SMILES string of the molecule is COc1ccc(-c2c(C)nn3c(Cl)cc(C(F)(F)F)nc23)cc1OC. The second kappa shape index (κ2) is 6.11. The summed E-state index contributed by atoms with van der Waals surface area (Å²) in [4.78, 5) is 3.72. The van der Waals surface area contributed by atoms with E-state index in [2.05, 4.69) is 10.1 Å². The Bertz CT molecular complexity index is 954. The Morgan fingerprint density at radius 2 is 1.76 bits per heavy atom. The molecule has 0 saturated carbocycles. The van der Waals surface area contributed by atoms with Crippen LogP contribution in [0.3, 0.4) is 0 Å². The van der Waals surface area contributed by atoms with Crippen LogP contribution in [0.4, 0.5) is 13.2 Å². The lowest BCUT2D eigenvalue weighted by Crippen LogP contribution is -2.10. The van der Waals surface area contributed by atoms with Crippen LogP contribution in [0.5, 0.6) is 11.5 Å². The minimum Gasteiger partial charge on any atom is -0.493 e. The highest BCUT2D eigenvalue weighted by molar-refractivity contribution is 6.29. The molecule has 2 heterocycles. The number of rotatable bonds is 3. The number of hydrogen-bond acceptors (Lipinski definition) is 4. The summed E-state index contributed by atoms with van der Waals surface area (Å²) in [5.74, 6) is 0.944. The highest BCUT2D eigenvalue weighted by Crippen LogP contribution is 2.37. The number of ether oxygens (including phenoxy) is 2. The second-order valence-electron chi connectivity index (χ2n) is 5.23. The van der Waals surface area contributed by atoms with Crippen molar-refractivity contribution in [2.75, 3.05) is 14.2 Å². The van der Waals surface area contributed by atoms with Crippen LogP contribution in [0.1, 0.15) is 11.4 Å². The van der Waals surface area contributed by atoms with Crippen molar-refractivity contribution in [1.29, 1.82) is 0 Å². The van der Waals surface area contributed by atoms with Crippen molar-refractivity contribution in [3.63, 3.8) is 0 Å². The van der Waals surface area contributed by atoms with Gasteiger partial charge in [-0.15, -0.1) is 0 Å². The third kappa shape index (κ3) is 2.97. The minimum atomic E-state index is -4.61. The van der Waals surface area contributed by atoms with Gasteiger partial charge in [0.2, 0.25) is 0 Å². The van der Waals surface area contributed by atoms with Crippen LogP contribution in [0.2, 0.25) is 5.15 Å². The highest BCUT2D eigenvalue weighted by Gasteiger charge is 2.34. The molecule has 0 atom stereocenters. The molecule has 2 aromatic heterocycles. The van der Waals surface area contributed by atoms with Gasteiger partial charge in [-0.05, 0) is 24.6 Å². The van der Waals surface area contributed by atoms with E-state index in [0.29, 0.717) is 28.3 Å². The normalized spacial score (nSPS) is 11.8. The van der Waals surface area contributed by atoms with Crippen LogP contribution in [0.15, 0.2) is 24.3 Å². The minimum absolute atomic E-state index is 0.0181. The Labute approximate surface area is 146 Å². The first-order chi connectivity index (χ1) is 11.8. The van der Waals surface area contributed by atoms with Crippen LogP contribution >= 0.6 is 11.6 Å². The zero-order chi connectivity index (χ0) is 18.4. The zero-order valence-electron chi connectivity index (χ0n) is 13.5. The number of halogens is 4. The van der Waals surface area contributed by atoms with E-state index < -0.39 is 11.9 Å². The van der Waals surface area contributed by atoms with Gasteiger partial charge in [0.15, 0.2) is 17.1 Å². The maximum atomic E-state index is 13.1. The molecule has 0 radical (unpaired) electrons. The molecule has 0 aliphatic rings. The largest absolute Gasteiger partial charge is 0.493 e. The van der Waals surface area contributed by atoms with Crippen molar-refractivity contribution in [2.24, 2.45) is 0 Å². The van der Waals surface area contributed by atoms with Gasteiger partial charge < -0.3 is 9.47 Å². The molecule has 3 rings (SSSR count). The predicted octanol–water partition coefficient (Wildman–Crippen LogP) is 4.39. The fourth-order valence-corrected chi connectivity index (χ4v) is 2.78. The first-order valence-corrected chi connectivity index (χ1v) is 7.49. The van der Waals surface area contributed by atoms with Crippen LogP contribution in [0.25, 0.3) is 16.8 Å². The van der Waals surface area contributed by atoms with E-state index in [-0.39, 0.29) is 10.8 Å². The smallest absolute Gasteiger partial charge is 0.433 e. The lowest BCUT2D eigenvalue weighted by Gasteiger charge is -2.10. The predicted molar refractivity (Wildman–Crippen MR) is 86.3 cm³/mol. The van der Waals surface area contributed by atoms with E-state index in [4.69, 9.17) is 21.1 Å². The van der Waals surface area contributed by atoms with Crippen molar-refractivity contribution in [3.05, 3.63) is 40.8 Å². The standard InChI is InChI=1S/C16H13ClF3N3O2/c1-8-14(9-4-5-10(24-2)11(6-9)25-3)15-21-12(16(18,19)20)7-13(17)23(15)22-8/h4-7H,1-3H3. The average molecular weight is 372 g/mol. The Kier molecular flexibility index (Phi) is 4.24. The average Bonchev–Trinajstić information content (AvgIpc) is 2.90. The Morgan fingerprint density at radius 3 is 2.36 bits per heavy atom. The summed E-state index contributed by atoms with van der Waals surface area (Å²) in [7, 11) is 2.97. The molecule has 5 nitrogen and oxygen atoms in total. The van der Waals surface area contributed by atoms with Gasteiger partial charge in [-0.3, -0.25) is 0 Å². The van der Waals surface area contributed by atoms with E-state index >= 15 is 0 Å². The molecule has 0 bridgehead atoms. The van der Waals surface area contributed by atoms with E-state index in [1.807, 2.05) is 0 Å². The molecule has 0 amide bonds. The lowest BCUT2D eigenvalue weighted by molar-refractivity contribution is -0.141. The second-order valence-corrected chi connectivity index (χ2v) is 5.61. The summed E-state index contributed by atoms with van der Waals surface area (Å²) in [5, 5.41) is 4.02. The molecule has 0 unspecified atom stereocenters. The zero-order valence-corrected chi connectivity index (χ0v) is 14.2. The molecule has 132 valence electrons. The maximum Gasteiger partial charge on any atom is 0.433 e.